The van der Waals surface area contributed by atoms with Crippen LogP contribution >= 0.6 is 0 Å². The molecule has 2 N–H and O–H groups in total. The lowest BCUT2D eigenvalue weighted by Gasteiger charge is -1.94. The SMILES string of the molecule is C=CC=CC1CC1(C)C.O=C(O)O. The quantitative estimate of drug-likeness (QED) is 0.648. The number of allylic oxidation sites excluding steroid dienone is 3. The van der Waals surface area contributed by atoms with Crippen LogP contribution in [-0.2, 0) is 0 Å². The molecule has 0 aromatic carbocycles. The third kappa shape index (κ3) is 5.96. The van der Waals surface area contributed by atoms with Crippen molar-refractivity contribution in [2.24, 2.45) is 11.3 Å². The Hall–Kier alpha value is -1.25. The fraction of sp³-hybridized carbons (Fsp3) is 0.500. The van der Waals surface area contributed by atoms with Gasteiger partial charge in [-0.2, -0.15) is 0 Å². The van der Waals surface area contributed by atoms with Gasteiger partial charge in [0.25, 0.3) is 0 Å². The molecular formula is C10H16O3. The third-order valence-electron chi connectivity index (χ3n) is 2.07. The Labute approximate surface area is 78.4 Å². The standard InChI is InChI=1S/C9H14.CH2O3/c1-4-5-6-8-7-9(8,2)3;2-1(3)4/h4-6,8H,1,7H2,2-3H3;(H2,2,3,4). The van der Waals surface area contributed by atoms with E-state index in [-0.39, 0.29) is 0 Å². The molecule has 1 fully saturated rings. The maximum absolute atomic E-state index is 8.56. The minimum atomic E-state index is -1.83. The van der Waals surface area contributed by atoms with Crippen molar-refractivity contribution in [3.05, 3.63) is 24.8 Å². The smallest absolute Gasteiger partial charge is 0.450 e. The average Bonchev–Trinajstić information content (AvgIpc) is 2.54. The van der Waals surface area contributed by atoms with Crippen LogP contribution in [0.5, 0.6) is 0 Å². The highest BCUT2D eigenvalue weighted by Gasteiger charge is 2.43. The molecule has 1 aliphatic carbocycles. The summed E-state index contributed by atoms with van der Waals surface area (Å²) >= 11 is 0. The number of hydrogen-bond donors (Lipinski definition) is 2. The van der Waals surface area contributed by atoms with E-state index in [2.05, 4.69) is 26.5 Å². The molecule has 0 bridgehead atoms. The van der Waals surface area contributed by atoms with Crippen molar-refractivity contribution < 1.29 is 15.0 Å². The van der Waals surface area contributed by atoms with E-state index in [1.807, 2.05) is 12.2 Å². The van der Waals surface area contributed by atoms with Gasteiger partial charge in [0.2, 0.25) is 0 Å². The molecular weight excluding hydrogens is 168 g/mol. The second-order valence-electron chi connectivity index (χ2n) is 3.70. The second-order valence-corrected chi connectivity index (χ2v) is 3.70. The van der Waals surface area contributed by atoms with Crippen molar-refractivity contribution in [1.29, 1.82) is 0 Å². The van der Waals surface area contributed by atoms with E-state index in [0.717, 1.165) is 5.92 Å². The lowest BCUT2D eigenvalue weighted by Crippen LogP contribution is -1.84. The number of rotatable bonds is 2. The van der Waals surface area contributed by atoms with Crippen LogP contribution in [0.25, 0.3) is 0 Å². The van der Waals surface area contributed by atoms with E-state index < -0.39 is 6.16 Å². The van der Waals surface area contributed by atoms with Crippen LogP contribution in [0.4, 0.5) is 4.79 Å². The Morgan fingerprint density at radius 2 is 1.92 bits per heavy atom. The molecule has 3 nitrogen and oxygen atoms in total. The fourth-order valence-corrected chi connectivity index (χ4v) is 1.05. The van der Waals surface area contributed by atoms with Gasteiger partial charge in [-0.25, -0.2) is 4.79 Å². The summed E-state index contributed by atoms with van der Waals surface area (Å²) in [7, 11) is 0. The van der Waals surface area contributed by atoms with Gasteiger partial charge in [-0.3, -0.25) is 0 Å². The van der Waals surface area contributed by atoms with Gasteiger partial charge in [0, 0.05) is 0 Å². The minimum Gasteiger partial charge on any atom is -0.450 e. The summed E-state index contributed by atoms with van der Waals surface area (Å²) in [4.78, 5) is 8.56. The van der Waals surface area contributed by atoms with Gasteiger partial charge in [0.15, 0.2) is 0 Å². The maximum atomic E-state index is 8.56. The largest absolute Gasteiger partial charge is 0.503 e. The highest BCUT2D eigenvalue weighted by molar-refractivity contribution is 5.53. The topological polar surface area (TPSA) is 57.5 Å². The molecule has 0 aromatic heterocycles. The third-order valence-corrected chi connectivity index (χ3v) is 2.07. The second kappa shape index (κ2) is 4.70. The molecule has 0 spiro atoms. The van der Waals surface area contributed by atoms with Crippen molar-refractivity contribution in [2.75, 3.05) is 0 Å². The van der Waals surface area contributed by atoms with Gasteiger partial charge >= 0.3 is 6.16 Å². The monoisotopic (exact) mass is 184 g/mol. The average molecular weight is 184 g/mol. The Balaban J connectivity index is 0.000000310. The molecule has 0 aromatic rings. The Morgan fingerprint density at radius 3 is 2.15 bits per heavy atom. The molecule has 74 valence electrons. The number of carbonyl (C=O) groups is 1. The molecule has 0 heterocycles. The van der Waals surface area contributed by atoms with Gasteiger partial charge in [0.05, 0.1) is 0 Å². The summed E-state index contributed by atoms with van der Waals surface area (Å²) in [5.41, 5.74) is 0.583. The molecule has 1 unspecified atom stereocenters. The molecule has 1 aliphatic rings. The summed E-state index contributed by atoms with van der Waals surface area (Å²) in [6, 6.07) is 0. The zero-order chi connectivity index (χ0) is 10.5. The number of carboxylic acid groups (broad SMARTS) is 2. The molecule has 0 aliphatic heterocycles. The lowest BCUT2D eigenvalue weighted by atomic mass is 10.1. The molecule has 0 amide bonds. The van der Waals surface area contributed by atoms with E-state index in [4.69, 9.17) is 15.0 Å². The summed E-state index contributed by atoms with van der Waals surface area (Å²) in [6.45, 7) is 8.21. The first-order valence-electron chi connectivity index (χ1n) is 4.11. The van der Waals surface area contributed by atoms with Crippen LogP contribution in [0.3, 0.4) is 0 Å². The summed E-state index contributed by atoms with van der Waals surface area (Å²) in [6.07, 6.45) is 5.64. The summed E-state index contributed by atoms with van der Waals surface area (Å²) < 4.78 is 0. The predicted octanol–water partition coefficient (Wildman–Crippen LogP) is 3.00. The van der Waals surface area contributed by atoms with Gasteiger partial charge in [-0.15, -0.1) is 0 Å². The Morgan fingerprint density at radius 1 is 1.54 bits per heavy atom. The number of hydrogen-bond acceptors (Lipinski definition) is 1. The molecule has 1 atom stereocenters. The van der Waals surface area contributed by atoms with Gasteiger partial charge in [0.1, 0.15) is 0 Å². The minimum absolute atomic E-state index is 0.583. The molecule has 1 saturated carbocycles. The van der Waals surface area contributed by atoms with Gasteiger partial charge in [-0.05, 0) is 17.8 Å². The zero-order valence-electron chi connectivity index (χ0n) is 8.03. The first-order valence-corrected chi connectivity index (χ1v) is 4.11. The van der Waals surface area contributed by atoms with Crippen LogP contribution in [-0.4, -0.2) is 16.4 Å². The van der Waals surface area contributed by atoms with Crippen LogP contribution < -0.4 is 0 Å². The van der Waals surface area contributed by atoms with Crippen LogP contribution in [0, 0.1) is 11.3 Å². The molecule has 0 saturated heterocycles. The van der Waals surface area contributed by atoms with Crippen molar-refractivity contribution >= 4 is 6.16 Å². The van der Waals surface area contributed by atoms with Crippen LogP contribution in [0.1, 0.15) is 20.3 Å². The fourth-order valence-electron chi connectivity index (χ4n) is 1.05. The van der Waals surface area contributed by atoms with E-state index in [1.165, 1.54) is 6.42 Å². The summed E-state index contributed by atoms with van der Waals surface area (Å²) in [5.74, 6) is 0.815. The zero-order valence-corrected chi connectivity index (χ0v) is 8.03. The summed E-state index contributed by atoms with van der Waals surface area (Å²) in [5, 5.41) is 13.9. The van der Waals surface area contributed by atoms with Crippen molar-refractivity contribution in [3.8, 4) is 0 Å². The highest BCUT2D eigenvalue weighted by Crippen LogP contribution is 2.52. The van der Waals surface area contributed by atoms with Gasteiger partial charge < -0.3 is 10.2 Å². The van der Waals surface area contributed by atoms with E-state index in [0.29, 0.717) is 5.41 Å². The molecule has 13 heavy (non-hydrogen) atoms. The first kappa shape index (κ1) is 11.8. The first-order chi connectivity index (χ1) is 5.90. The lowest BCUT2D eigenvalue weighted by molar-refractivity contribution is 0.137. The molecule has 0 radical (unpaired) electrons. The Kier molecular flexibility index (Phi) is 4.25. The van der Waals surface area contributed by atoms with E-state index in [9.17, 15) is 0 Å². The van der Waals surface area contributed by atoms with E-state index in [1.54, 1.807) is 0 Å². The van der Waals surface area contributed by atoms with Crippen LogP contribution in [0.15, 0.2) is 24.8 Å². The normalized spacial score (nSPS) is 23.1. The van der Waals surface area contributed by atoms with Crippen molar-refractivity contribution in [2.45, 2.75) is 20.3 Å². The van der Waals surface area contributed by atoms with Crippen molar-refractivity contribution in [1.82, 2.24) is 0 Å². The predicted molar refractivity (Wildman–Crippen MR) is 51.9 cm³/mol. The van der Waals surface area contributed by atoms with Crippen LogP contribution in [0.2, 0.25) is 0 Å². The molecule has 3 heteroatoms. The van der Waals surface area contributed by atoms with E-state index >= 15 is 0 Å². The van der Waals surface area contributed by atoms with Crippen molar-refractivity contribution in [3.63, 3.8) is 0 Å². The maximum Gasteiger partial charge on any atom is 0.503 e. The molecule has 1 rings (SSSR count). The Bertz CT molecular complexity index is 212. The van der Waals surface area contributed by atoms with Gasteiger partial charge in [-0.1, -0.05) is 38.7 Å². The highest BCUT2D eigenvalue weighted by atomic mass is 16.6.